The molecule has 51 heavy (non-hydrogen) atoms. The second-order valence-electron chi connectivity index (χ2n) is 12.2. The first-order valence-electron chi connectivity index (χ1n) is 16.4. The standard InChI is InChI=1S/C41H37N3O6S/c1-50-39(49)41(38(47)48,37(51)36-32-23-13-11-21-30(32)31-22-12-14-24-33(31)36)44(35(46)26-43-34(45)25-42)40(27-15-5-2-6-16-27,28-17-7-3-8-18-28)29-19-9-4-10-20-29/h2-24,36-37,51H,25-26,42H2,1H3,(H,43,45)(H,47,48)/t37-,41-/m0/s1. The van der Waals surface area contributed by atoms with Crippen LogP contribution in [0.4, 0.5) is 0 Å². The molecule has 10 heteroatoms. The van der Waals surface area contributed by atoms with Gasteiger partial charge in [0.25, 0.3) is 5.54 Å². The SMILES string of the molecule is COC(=O)[C@@](C(=O)O)([C@@H](S)C1c2ccccc2-c2ccccc21)N(C(=O)CNC(=O)CN)C(c1ccccc1)(c1ccccc1)c1ccccc1. The van der Waals surface area contributed by atoms with Crippen LogP contribution in [0.1, 0.15) is 33.7 Å². The van der Waals surface area contributed by atoms with Crippen molar-refractivity contribution in [3.05, 3.63) is 167 Å². The topological polar surface area (TPSA) is 139 Å². The molecule has 5 aromatic carbocycles. The molecule has 0 unspecified atom stereocenters. The third-order valence-corrected chi connectivity index (χ3v) is 10.3. The van der Waals surface area contributed by atoms with Crippen LogP contribution in [0.5, 0.6) is 0 Å². The molecule has 1 aliphatic carbocycles. The minimum Gasteiger partial charge on any atom is -0.479 e. The molecule has 0 heterocycles. The molecule has 0 spiro atoms. The van der Waals surface area contributed by atoms with Crippen molar-refractivity contribution in [3.8, 4) is 11.1 Å². The van der Waals surface area contributed by atoms with E-state index in [-0.39, 0.29) is 0 Å². The molecule has 2 atom stereocenters. The van der Waals surface area contributed by atoms with E-state index < -0.39 is 59.1 Å². The van der Waals surface area contributed by atoms with Crippen LogP contribution >= 0.6 is 12.6 Å². The van der Waals surface area contributed by atoms with Crippen LogP contribution in [-0.2, 0) is 29.5 Å². The van der Waals surface area contributed by atoms with E-state index in [1.807, 2.05) is 48.5 Å². The van der Waals surface area contributed by atoms with Gasteiger partial charge in [-0.15, -0.1) is 0 Å². The Balaban J connectivity index is 1.78. The van der Waals surface area contributed by atoms with Gasteiger partial charge < -0.3 is 20.9 Å². The van der Waals surface area contributed by atoms with Gasteiger partial charge in [0.15, 0.2) is 0 Å². The predicted molar refractivity (Wildman–Crippen MR) is 197 cm³/mol. The number of fused-ring (bicyclic) bond motifs is 3. The van der Waals surface area contributed by atoms with Gasteiger partial charge >= 0.3 is 11.9 Å². The van der Waals surface area contributed by atoms with Crippen molar-refractivity contribution in [3.63, 3.8) is 0 Å². The van der Waals surface area contributed by atoms with Crippen LogP contribution in [0.3, 0.4) is 0 Å². The van der Waals surface area contributed by atoms with Crippen molar-refractivity contribution in [2.45, 2.75) is 22.2 Å². The van der Waals surface area contributed by atoms with E-state index in [9.17, 15) is 19.5 Å². The second kappa shape index (κ2) is 14.6. The van der Waals surface area contributed by atoms with E-state index in [4.69, 9.17) is 23.1 Å². The van der Waals surface area contributed by atoms with Gasteiger partial charge in [-0.1, -0.05) is 140 Å². The Kier molecular flexibility index (Phi) is 10.1. The Morgan fingerprint density at radius 3 is 1.55 bits per heavy atom. The Hall–Kier alpha value is -5.71. The summed E-state index contributed by atoms with van der Waals surface area (Å²) in [6.07, 6.45) is 0. The molecule has 4 N–H and O–H groups in total. The largest absolute Gasteiger partial charge is 0.479 e. The molecular weight excluding hydrogens is 663 g/mol. The number of aliphatic carboxylic acids is 1. The van der Waals surface area contributed by atoms with Crippen LogP contribution in [0.2, 0.25) is 0 Å². The maximum Gasteiger partial charge on any atom is 0.344 e. The minimum atomic E-state index is -2.83. The summed E-state index contributed by atoms with van der Waals surface area (Å²) in [5.41, 5.74) is 5.57. The van der Waals surface area contributed by atoms with Crippen LogP contribution < -0.4 is 11.1 Å². The highest BCUT2D eigenvalue weighted by Gasteiger charge is 2.67. The van der Waals surface area contributed by atoms with E-state index >= 15 is 4.79 Å². The molecule has 0 radical (unpaired) electrons. The highest BCUT2D eigenvalue weighted by atomic mass is 32.1. The average Bonchev–Trinajstić information content (AvgIpc) is 3.52. The van der Waals surface area contributed by atoms with Gasteiger partial charge in [-0.25, -0.2) is 9.59 Å². The zero-order valence-corrected chi connectivity index (χ0v) is 28.7. The molecule has 1 aliphatic rings. The number of benzene rings is 5. The second-order valence-corrected chi connectivity index (χ2v) is 12.7. The fourth-order valence-corrected chi connectivity index (χ4v) is 8.14. The van der Waals surface area contributed by atoms with Gasteiger partial charge in [-0.3, -0.25) is 14.5 Å². The summed E-state index contributed by atoms with van der Waals surface area (Å²) >= 11 is 5.14. The number of carboxylic acid groups (broad SMARTS) is 1. The van der Waals surface area contributed by atoms with E-state index in [0.29, 0.717) is 16.7 Å². The number of methoxy groups -OCH3 is 1. The number of thiol groups is 1. The minimum absolute atomic E-state index is 0.416. The lowest BCUT2D eigenvalue weighted by molar-refractivity contribution is -0.180. The number of ether oxygens (including phenoxy) is 1. The first-order valence-corrected chi connectivity index (χ1v) is 16.9. The van der Waals surface area contributed by atoms with Gasteiger partial charge in [0.1, 0.15) is 5.54 Å². The van der Waals surface area contributed by atoms with Crippen LogP contribution in [0.25, 0.3) is 11.1 Å². The number of carbonyl (C=O) groups excluding carboxylic acids is 3. The number of amides is 2. The molecule has 6 rings (SSSR count). The number of nitrogens with zero attached hydrogens (tertiary/aromatic N) is 1. The highest BCUT2D eigenvalue weighted by molar-refractivity contribution is 7.81. The fraction of sp³-hybridized carbons (Fsp3) is 0.171. The van der Waals surface area contributed by atoms with Gasteiger partial charge in [-0.2, -0.15) is 12.6 Å². The van der Waals surface area contributed by atoms with Crippen molar-refractivity contribution >= 4 is 36.4 Å². The number of hydrogen-bond donors (Lipinski definition) is 4. The quantitative estimate of drug-likeness (QED) is 0.0623. The average molecular weight is 700 g/mol. The molecule has 0 saturated carbocycles. The van der Waals surface area contributed by atoms with Gasteiger partial charge in [-0.05, 0) is 38.9 Å². The Morgan fingerprint density at radius 2 is 1.16 bits per heavy atom. The molecule has 2 amide bonds. The number of nitrogens with one attached hydrogen (secondary N) is 1. The number of rotatable bonds is 12. The zero-order valence-electron chi connectivity index (χ0n) is 27.8. The predicted octanol–water partition coefficient (Wildman–Crippen LogP) is 4.99. The van der Waals surface area contributed by atoms with Crippen molar-refractivity contribution < 1.29 is 29.0 Å². The summed E-state index contributed by atoms with van der Waals surface area (Å²) < 4.78 is 5.44. The fourth-order valence-electron chi connectivity index (χ4n) is 7.48. The molecular formula is C41H37N3O6S. The number of esters is 1. The summed E-state index contributed by atoms with van der Waals surface area (Å²) in [7, 11) is 1.09. The molecule has 0 fully saturated rings. The monoisotopic (exact) mass is 699 g/mol. The summed E-state index contributed by atoms with van der Waals surface area (Å²) in [6.45, 7) is -1.10. The molecule has 9 nitrogen and oxygen atoms in total. The van der Waals surface area contributed by atoms with Crippen LogP contribution in [0.15, 0.2) is 140 Å². The van der Waals surface area contributed by atoms with Crippen molar-refractivity contribution in [1.29, 1.82) is 0 Å². The summed E-state index contributed by atoms with van der Waals surface area (Å²) in [5.74, 6) is -5.22. The molecule has 258 valence electrons. The maximum absolute atomic E-state index is 15.3. The van der Waals surface area contributed by atoms with Crippen molar-refractivity contribution in [2.75, 3.05) is 20.2 Å². The number of nitrogens with two attached hydrogens (primary N) is 1. The maximum atomic E-state index is 15.3. The van der Waals surface area contributed by atoms with Gasteiger partial charge in [0.05, 0.1) is 25.4 Å². The molecule has 5 aromatic rings. The van der Waals surface area contributed by atoms with E-state index in [1.54, 1.807) is 91.0 Å². The molecule has 0 aliphatic heterocycles. The van der Waals surface area contributed by atoms with Crippen LogP contribution in [-0.4, -0.2) is 64.7 Å². The lowest BCUT2D eigenvalue weighted by Crippen LogP contribution is -2.74. The Morgan fingerprint density at radius 1 is 0.745 bits per heavy atom. The first-order chi connectivity index (χ1) is 24.7. The summed E-state index contributed by atoms with van der Waals surface area (Å²) in [4.78, 5) is 58.2. The number of hydrogen-bond acceptors (Lipinski definition) is 7. The first kappa shape index (κ1) is 35.1. The van der Waals surface area contributed by atoms with E-state index in [0.717, 1.165) is 34.3 Å². The smallest absolute Gasteiger partial charge is 0.344 e. The zero-order chi connectivity index (χ0) is 36.2. The summed E-state index contributed by atoms with van der Waals surface area (Å²) in [5, 5.41) is 12.8. The van der Waals surface area contributed by atoms with Gasteiger partial charge in [0, 0.05) is 5.92 Å². The summed E-state index contributed by atoms with van der Waals surface area (Å²) in [6, 6.07) is 41.8. The molecule has 0 bridgehead atoms. The molecule has 0 aromatic heterocycles. The van der Waals surface area contributed by atoms with Crippen molar-refractivity contribution in [1.82, 2.24) is 10.2 Å². The lowest BCUT2D eigenvalue weighted by atomic mass is 9.70. The normalized spacial score (nSPS) is 13.9. The van der Waals surface area contributed by atoms with E-state index in [2.05, 4.69) is 5.32 Å². The Bertz CT molecular complexity index is 1920. The lowest BCUT2D eigenvalue weighted by Gasteiger charge is -2.54. The number of carbonyl (C=O) groups is 4. The third-order valence-electron chi connectivity index (χ3n) is 9.58. The highest BCUT2D eigenvalue weighted by Crippen LogP contribution is 2.54. The Labute approximate surface area is 301 Å². The van der Waals surface area contributed by atoms with Crippen molar-refractivity contribution in [2.24, 2.45) is 5.73 Å². The van der Waals surface area contributed by atoms with Crippen LogP contribution in [0, 0.1) is 0 Å². The number of carboxylic acids is 1. The molecule has 0 saturated heterocycles. The van der Waals surface area contributed by atoms with Gasteiger partial charge in [0.2, 0.25) is 11.8 Å². The third kappa shape index (κ3) is 5.76. The van der Waals surface area contributed by atoms with E-state index in [1.165, 1.54) is 0 Å².